The molecule has 0 amide bonds. The number of alkyl halides is 6. The van der Waals surface area contributed by atoms with E-state index < -0.39 is 27.4 Å². The average molecular weight is 435 g/mol. The molecule has 1 aromatic carbocycles. The minimum Gasteiger partial charge on any atom is -0.405 e. The molecule has 1 rings (SSSR count). The Morgan fingerprint density at radius 1 is 1.06 bits per heavy atom. The lowest BCUT2D eigenvalue weighted by Crippen LogP contribution is -2.18. The molecule has 0 saturated heterocycles. The Bertz CT molecular complexity index is 427. The van der Waals surface area contributed by atoms with Gasteiger partial charge in [-0.1, -0.05) is 0 Å². The number of hydrogen-bond acceptors (Lipinski definition) is 1. The zero-order valence-electron chi connectivity index (χ0n) is 7.59. The predicted molar refractivity (Wildman–Crippen MR) is 58.5 cm³/mol. The van der Waals surface area contributed by atoms with Gasteiger partial charge < -0.3 is 4.74 Å². The topological polar surface area (TPSA) is 9.23 Å². The number of benzene rings is 1. The summed E-state index contributed by atoms with van der Waals surface area (Å²) in [7, 11) is 0. The lowest BCUT2D eigenvalue weighted by molar-refractivity contribution is -0.274. The highest BCUT2D eigenvalue weighted by atomic mass is 127. The van der Waals surface area contributed by atoms with Crippen LogP contribution in [0.5, 0.6) is 5.75 Å². The summed E-state index contributed by atoms with van der Waals surface area (Å²) in [6.45, 7) is 0. The summed E-state index contributed by atoms with van der Waals surface area (Å²) in [5.41, 5.74) is -1.03. The molecule has 1 nitrogen and oxygen atoms in total. The first-order chi connectivity index (χ1) is 7.52. The van der Waals surface area contributed by atoms with Gasteiger partial charge in [-0.2, -0.15) is 13.2 Å². The summed E-state index contributed by atoms with van der Waals surface area (Å²) in [6, 6.07) is 1.15. The second-order valence-electron chi connectivity index (χ2n) is 2.78. The molecule has 0 aliphatic carbocycles. The second-order valence-corrected chi connectivity index (χ2v) is 4.66. The van der Waals surface area contributed by atoms with Crippen LogP contribution >= 0.6 is 38.5 Å². The maximum atomic E-state index is 12.4. The molecule has 0 N–H and O–H groups in total. The summed E-state index contributed by atoms with van der Waals surface area (Å²) >= 11 is 3.94. The first-order valence-electron chi connectivity index (χ1n) is 3.83. The van der Waals surface area contributed by atoms with E-state index in [-0.39, 0.29) is 4.47 Å². The summed E-state index contributed by atoms with van der Waals surface area (Å²) in [6.07, 6.45) is -9.58. The van der Waals surface area contributed by atoms with Crippen LogP contribution < -0.4 is 4.74 Å². The lowest BCUT2D eigenvalue weighted by atomic mass is 10.2. The fourth-order valence-corrected chi connectivity index (χ4v) is 2.13. The molecule has 0 radical (unpaired) electrons. The van der Waals surface area contributed by atoms with Crippen molar-refractivity contribution >= 4 is 38.5 Å². The van der Waals surface area contributed by atoms with Crippen molar-refractivity contribution < 1.29 is 31.1 Å². The van der Waals surface area contributed by atoms with E-state index in [1.807, 2.05) is 0 Å². The van der Waals surface area contributed by atoms with E-state index in [0.717, 1.165) is 0 Å². The van der Waals surface area contributed by atoms with E-state index >= 15 is 0 Å². The van der Waals surface area contributed by atoms with Crippen LogP contribution in [0.3, 0.4) is 0 Å². The largest absolute Gasteiger partial charge is 0.573 e. The van der Waals surface area contributed by atoms with Gasteiger partial charge >= 0.3 is 12.5 Å². The van der Waals surface area contributed by atoms with Crippen molar-refractivity contribution in [3.8, 4) is 5.75 Å². The van der Waals surface area contributed by atoms with Crippen molar-refractivity contribution in [2.75, 3.05) is 0 Å². The summed E-state index contributed by atoms with van der Waals surface area (Å²) < 4.78 is 75.8. The first kappa shape index (κ1) is 14.9. The quantitative estimate of drug-likeness (QED) is 0.448. The molecule has 0 fully saturated rings. The highest BCUT2D eigenvalue weighted by Crippen LogP contribution is 2.41. The Labute approximate surface area is 113 Å². The van der Waals surface area contributed by atoms with Gasteiger partial charge in [-0.25, -0.2) is 0 Å². The minimum absolute atomic E-state index is 0.384. The molecule has 9 heteroatoms. The van der Waals surface area contributed by atoms with E-state index in [1.165, 1.54) is 22.6 Å². The first-order valence-corrected chi connectivity index (χ1v) is 5.70. The van der Waals surface area contributed by atoms with Crippen molar-refractivity contribution in [1.29, 1.82) is 0 Å². The van der Waals surface area contributed by atoms with Crippen LogP contribution in [0.15, 0.2) is 16.6 Å². The third-order valence-corrected chi connectivity index (χ3v) is 4.23. The molecule has 0 heterocycles. The van der Waals surface area contributed by atoms with Gasteiger partial charge in [-0.05, 0) is 50.7 Å². The van der Waals surface area contributed by atoms with Gasteiger partial charge in [0, 0.05) is 3.57 Å². The molecule has 17 heavy (non-hydrogen) atoms. The van der Waals surface area contributed by atoms with Crippen molar-refractivity contribution in [3.63, 3.8) is 0 Å². The van der Waals surface area contributed by atoms with E-state index in [1.54, 1.807) is 0 Å². The van der Waals surface area contributed by atoms with Crippen molar-refractivity contribution in [3.05, 3.63) is 25.7 Å². The second kappa shape index (κ2) is 4.82. The SMILES string of the molecule is FC(F)(F)Oc1ccc(C(F)(F)F)c(I)c1Br. The Balaban J connectivity index is 3.21. The van der Waals surface area contributed by atoms with Crippen LogP contribution in [0.1, 0.15) is 5.56 Å². The van der Waals surface area contributed by atoms with Crippen molar-refractivity contribution in [2.24, 2.45) is 0 Å². The van der Waals surface area contributed by atoms with E-state index in [0.29, 0.717) is 12.1 Å². The monoisotopic (exact) mass is 434 g/mol. The minimum atomic E-state index is -4.95. The molecule has 0 aliphatic rings. The van der Waals surface area contributed by atoms with E-state index in [9.17, 15) is 26.3 Å². The third kappa shape index (κ3) is 3.90. The molecule has 0 saturated carbocycles. The van der Waals surface area contributed by atoms with Crippen molar-refractivity contribution in [1.82, 2.24) is 0 Å². The van der Waals surface area contributed by atoms with Crippen LogP contribution in [0.2, 0.25) is 0 Å². The smallest absolute Gasteiger partial charge is 0.405 e. The zero-order valence-corrected chi connectivity index (χ0v) is 11.3. The fourth-order valence-electron chi connectivity index (χ4n) is 0.954. The number of hydrogen-bond donors (Lipinski definition) is 0. The highest BCUT2D eigenvalue weighted by Gasteiger charge is 2.36. The number of rotatable bonds is 1. The Morgan fingerprint density at radius 3 is 2.00 bits per heavy atom. The van der Waals surface area contributed by atoms with Crippen LogP contribution in [0, 0.1) is 3.57 Å². The zero-order chi connectivity index (χ0) is 13.4. The van der Waals surface area contributed by atoms with Gasteiger partial charge in [-0.15, -0.1) is 13.2 Å². The maximum absolute atomic E-state index is 12.4. The van der Waals surface area contributed by atoms with Gasteiger partial charge in [0.05, 0.1) is 10.0 Å². The van der Waals surface area contributed by atoms with Crippen LogP contribution in [-0.4, -0.2) is 6.36 Å². The van der Waals surface area contributed by atoms with Crippen molar-refractivity contribution in [2.45, 2.75) is 12.5 Å². The van der Waals surface area contributed by atoms with Gasteiger partial charge in [0.2, 0.25) is 0 Å². The van der Waals surface area contributed by atoms with Crippen LogP contribution in [0.25, 0.3) is 0 Å². The highest BCUT2D eigenvalue weighted by molar-refractivity contribution is 14.1. The summed E-state index contributed by atoms with van der Waals surface area (Å²) in [4.78, 5) is 0. The molecule has 1 aromatic rings. The number of halogens is 8. The molecule has 0 atom stereocenters. The standard InChI is InChI=1S/C8H2BrF6IO/c9-5-4(17-8(13,14)15)2-1-3(6(5)16)7(10,11)12/h1-2H. The maximum Gasteiger partial charge on any atom is 0.573 e. The normalized spacial score (nSPS) is 12.7. The fraction of sp³-hybridized carbons (Fsp3) is 0.250. The molecule has 0 bridgehead atoms. The predicted octanol–water partition coefficient (Wildman–Crippen LogP) is 4.97. The Morgan fingerprint density at radius 2 is 1.59 bits per heavy atom. The van der Waals surface area contributed by atoms with Gasteiger partial charge in [0.1, 0.15) is 5.75 Å². The summed E-state index contributed by atoms with van der Waals surface area (Å²) in [5.74, 6) is -0.713. The molecule has 0 aromatic heterocycles. The third-order valence-electron chi connectivity index (χ3n) is 1.58. The molecular weight excluding hydrogens is 433 g/mol. The molecule has 0 aliphatic heterocycles. The Hall–Kier alpha value is -0.190. The molecule has 96 valence electrons. The van der Waals surface area contributed by atoms with Gasteiger partial charge in [-0.3, -0.25) is 0 Å². The van der Waals surface area contributed by atoms with Gasteiger partial charge in [0.25, 0.3) is 0 Å². The average Bonchev–Trinajstić information content (AvgIpc) is 2.08. The molecule has 0 unspecified atom stereocenters. The molecular formula is C8H2BrF6IO. The number of ether oxygens (including phenoxy) is 1. The van der Waals surface area contributed by atoms with Crippen LogP contribution in [-0.2, 0) is 6.18 Å². The van der Waals surface area contributed by atoms with Crippen LogP contribution in [0.4, 0.5) is 26.3 Å². The van der Waals surface area contributed by atoms with E-state index in [2.05, 4.69) is 20.7 Å². The Kier molecular flexibility index (Phi) is 4.22. The van der Waals surface area contributed by atoms with E-state index in [4.69, 9.17) is 0 Å². The van der Waals surface area contributed by atoms with Gasteiger partial charge in [0.15, 0.2) is 0 Å². The lowest BCUT2D eigenvalue weighted by Gasteiger charge is -2.15. The summed E-state index contributed by atoms with van der Waals surface area (Å²) in [5, 5.41) is 0. The molecule has 0 spiro atoms.